The van der Waals surface area contributed by atoms with Gasteiger partial charge in [-0.05, 0) is 24.3 Å². The molecule has 1 aromatic heterocycles. The molecule has 0 unspecified atom stereocenters. The molecular formula is C21H29N4O3+. The van der Waals surface area contributed by atoms with E-state index < -0.39 is 11.8 Å². The van der Waals surface area contributed by atoms with E-state index in [0.717, 1.165) is 18.8 Å². The molecule has 1 aliphatic rings. The Morgan fingerprint density at radius 2 is 1.75 bits per heavy atom. The number of likely N-dealkylation sites (tertiary alicyclic amines) is 1. The van der Waals surface area contributed by atoms with Gasteiger partial charge < -0.3 is 24.9 Å². The number of nitrogens with one attached hydrogen (secondary N) is 3. The summed E-state index contributed by atoms with van der Waals surface area (Å²) in [5.74, 6) is -0.642. The summed E-state index contributed by atoms with van der Waals surface area (Å²) in [5.41, 5.74) is 2.32. The molecule has 2 amide bonds. The molecule has 7 heteroatoms. The van der Waals surface area contributed by atoms with E-state index in [0.29, 0.717) is 12.3 Å². The molecule has 0 saturated carbocycles. The fraction of sp³-hybridized carbons (Fsp3) is 0.429. The van der Waals surface area contributed by atoms with Crippen molar-refractivity contribution in [1.29, 1.82) is 0 Å². The first-order valence-corrected chi connectivity index (χ1v) is 9.75. The van der Waals surface area contributed by atoms with Crippen LogP contribution in [0.25, 0.3) is 0 Å². The highest BCUT2D eigenvalue weighted by Gasteiger charge is 2.28. The highest BCUT2D eigenvalue weighted by atomic mass is 16.3. The number of hydrogen-bond acceptors (Lipinski definition) is 4. The van der Waals surface area contributed by atoms with Crippen LogP contribution in [-0.4, -0.2) is 45.5 Å². The highest BCUT2D eigenvalue weighted by molar-refractivity contribution is 6.35. The molecule has 0 spiro atoms. The Morgan fingerprint density at radius 3 is 2.36 bits per heavy atom. The molecule has 1 saturated heterocycles. The van der Waals surface area contributed by atoms with Crippen molar-refractivity contribution in [2.75, 3.05) is 38.6 Å². The monoisotopic (exact) mass is 385 g/mol. The maximum atomic E-state index is 12.2. The number of quaternary nitrogens is 1. The van der Waals surface area contributed by atoms with Crippen molar-refractivity contribution in [1.82, 2.24) is 10.6 Å². The molecule has 3 rings (SSSR count). The van der Waals surface area contributed by atoms with Crippen molar-refractivity contribution < 1.29 is 18.9 Å². The van der Waals surface area contributed by atoms with Crippen LogP contribution in [0.1, 0.15) is 30.2 Å². The third-order valence-corrected chi connectivity index (χ3v) is 5.23. The van der Waals surface area contributed by atoms with Gasteiger partial charge in [-0.3, -0.25) is 9.59 Å². The van der Waals surface area contributed by atoms with E-state index in [9.17, 15) is 9.59 Å². The maximum Gasteiger partial charge on any atom is 0.309 e. The Balaban J connectivity index is 1.59. The van der Waals surface area contributed by atoms with E-state index in [1.807, 2.05) is 14.1 Å². The second kappa shape index (κ2) is 9.41. The summed E-state index contributed by atoms with van der Waals surface area (Å²) in [6.45, 7) is 2.80. The molecule has 1 aromatic carbocycles. The average molecular weight is 385 g/mol. The van der Waals surface area contributed by atoms with Crippen LogP contribution in [-0.2, 0) is 16.1 Å². The van der Waals surface area contributed by atoms with E-state index in [1.54, 1.807) is 12.1 Å². The number of nitrogens with zero attached hydrogens (tertiary/aromatic N) is 1. The second-order valence-electron chi connectivity index (χ2n) is 7.38. The molecule has 150 valence electrons. The molecule has 2 aromatic rings. The lowest BCUT2D eigenvalue weighted by Crippen LogP contribution is -3.11. The lowest BCUT2D eigenvalue weighted by atomic mass is 10.0. The van der Waals surface area contributed by atoms with Crippen molar-refractivity contribution in [2.24, 2.45) is 0 Å². The van der Waals surface area contributed by atoms with Crippen LogP contribution >= 0.6 is 0 Å². The molecule has 1 fully saturated rings. The molecule has 0 bridgehead atoms. The van der Waals surface area contributed by atoms with E-state index >= 15 is 0 Å². The van der Waals surface area contributed by atoms with Gasteiger partial charge in [0.05, 0.1) is 32.4 Å². The Kier molecular flexibility index (Phi) is 6.71. The van der Waals surface area contributed by atoms with Gasteiger partial charge >= 0.3 is 11.8 Å². The van der Waals surface area contributed by atoms with Gasteiger partial charge in [0, 0.05) is 38.2 Å². The van der Waals surface area contributed by atoms with Gasteiger partial charge in [-0.25, -0.2) is 0 Å². The second-order valence-corrected chi connectivity index (χ2v) is 7.38. The van der Waals surface area contributed by atoms with Gasteiger partial charge in [0.1, 0.15) is 11.8 Å². The lowest BCUT2D eigenvalue weighted by molar-refractivity contribution is -0.918. The zero-order chi connectivity index (χ0) is 19.9. The van der Waals surface area contributed by atoms with E-state index in [1.165, 1.54) is 29.6 Å². The van der Waals surface area contributed by atoms with Gasteiger partial charge in [-0.15, -0.1) is 0 Å². The fourth-order valence-electron chi connectivity index (χ4n) is 3.62. The minimum Gasteiger partial charge on any atom is -0.467 e. The minimum absolute atomic E-state index is 0.139. The summed E-state index contributed by atoms with van der Waals surface area (Å²) < 4.78 is 5.16. The topological polar surface area (TPSA) is 79.0 Å². The Morgan fingerprint density at radius 1 is 1.07 bits per heavy atom. The average Bonchev–Trinajstić information content (AvgIpc) is 3.40. The largest absolute Gasteiger partial charge is 0.467 e. The first-order valence-electron chi connectivity index (χ1n) is 9.75. The van der Waals surface area contributed by atoms with Crippen LogP contribution in [0.2, 0.25) is 0 Å². The van der Waals surface area contributed by atoms with Crippen LogP contribution in [0.5, 0.6) is 0 Å². The summed E-state index contributed by atoms with van der Waals surface area (Å²) in [6, 6.07) is 12.1. The van der Waals surface area contributed by atoms with Crippen LogP contribution in [0.15, 0.2) is 47.1 Å². The highest BCUT2D eigenvalue weighted by Crippen LogP contribution is 2.17. The first-order chi connectivity index (χ1) is 13.5. The van der Waals surface area contributed by atoms with Gasteiger partial charge in [0.25, 0.3) is 0 Å². The molecular weight excluding hydrogens is 356 g/mol. The smallest absolute Gasteiger partial charge is 0.309 e. The molecule has 7 nitrogen and oxygen atoms in total. The number of carbonyl (C=O) groups excluding carboxylic acids is 2. The quantitative estimate of drug-likeness (QED) is 0.607. The van der Waals surface area contributed by atoms with Crippen LogP contribution in [0.3, 0.4) is 0 Å². The molecule has 1 aliphatic heterocycles. The van der Waals surface area contributed by atoms with Gasteiger partial charge in [0.15, 0.2) is 0 Å². The number of amides is 2. The summed E-state index contributed by atoms with van der Waals surface area (Å²) in [5, 5.41) is 5.39. The van der Waals surface area contributed by atoms with E-state index in [2.05, 4.69) is 39.8 Å². The molecule has 0 aliphatic carbocycles. The zero-order valence-corrected chi connectivity index (χ0v) is 16.5. The van der Waals surface area contributed by atoms with Crippen molar-refractivity contribution in [3.63, 3.8) is 0 Å². The normalized spacial score (nSPS) is 15.2. The minimum atomic E-state index is -0.644. The van der Waals surface area contributed by atoms with Crippen LogP contribution < -0.4 is 20.4 Å². The predicted octanol–water partition coefficient (Wildman–Crippen LogP) is 0.498. The number of carbonyl (C=O) groups is 2. The Hall–Kier alpha value is -2.80. The number of furan rings is 1. The molecule has 1 atom stereocenters. The number of hydrogen-bond donors (Lipinski definition) is 3. The standard InChI is InChI=1S/C21H28N4O3/c1-24(2)17-9-7-16(8-10-17)19(25-11-3-4-12-25)15-23-21(27)20(26)22-14-18-6-5-13-28-18/h5-10,13,19H,3-4,11-12,14-15H2,1-2H3,(H,22,26)(H,23,27)/p+1/t19-/m1/s1. The summed E-state index contributed by atoms with van der Waals surface area (Å²) >= 11 is 0. The van der Waals surface area contributed by atoms with Gasteiger partial charge in [-0.2, -0.15) is 0 Å². The van der Waals surface area contributed by atoms with Crippen molar-refractivity contribution in [2.45, 2.75) is 25.4 Å². The third-order valence-electron chi connectivity index (χ3n) is 5.23. The Labute approximate surface area is 165 Å². The number of anilines is 1. The van der Waals surface area contributed by atoms with E-state index in [-0.39, 0.29) is 12.6 Å². The number of benzene rings is 1. The van der Waals surface area contributed by atoms with Crippen molar-refractivity contribution in [3.8, 4) is 0 Å². The van der Waals surface area contributed by atoms with Crippen LogP contribution in [0, 0.1) is 0 Å². The summed E-state index contributed by atoms with van der Waals surface area (Å²) in [4.78, 5) is 27.8. The van der Waals surface area contributed by atoms with E-state index in [4.69, 9.17) is 4.42 Å². The molecule has 0 radical (unpaired) electrons. The Bertz CT molecular complexity index is 765. The predicted molar refractivity (Wildman–Crippen MR) is 107 cm³/mol. The van der Waals surface area contributed by atoms with Crippen molar-refractivity contribution >= 4 is 17.5 Å². The fourth-order valence-corrected chi connectivity index (χ4v) is 3.62. The number of rotatable bonds is 7. The lowest BCUT2D eigenvalue weighted by Gasteiger charge is -2.25. The van der Waals surface area contributed by atoms with Gasteiger partial charge in [-0.1, -0.05) is 12.1 Å². The summed E-state index contributed by atoms with van der Waals surface area (Å²) in [7, 11) is 4.03. The zero-order valence-electron chi connectivity index (χ0n) is 16.5. The first kappa shape index (κ1) is 19.9. The SMILES string of the molecule is CN(C)c1ccc([C@@H](CNC(=O)C(=O)NCc2ccco2)[NH+]2CCCC2)cc1. The van der Waals surface area contributed by atoms with Gasteiger partial charge in [0.2, 0.25) is 0 Å². The molecule has 3 N–H and O–H groups in total. The van der Waals surface area contributed by atoms with Crippen LogP contribution in [0.4, 0.5) is 5.69 Å². The molecule has 28 heavy (non-hydrogen) atoms. The maximum absolute atomic E-state index is 12.2. The summed E-state index contributed by atoms with van der Waals surface area (Å²) in [6.07, 6.45) is 3.92. The third kappa shape index (κ3) is 5.13. The van der Waals surface area contributed by atoms with Crippen molar-refractivity contribution in [3.05, 3.63) is 54.0 Å². The molecule has 2 heterocycles.